The Hall–Kier alpha value is -3.40. The minimum absolute atomic E-state index is 0.215. The van der Waals surface area contributed by atoms with E-state index in [1.165, 1.54) is 0 Å². The van der Waals surface area contributed by atoms with Gasteiger partial charge in [0.15, 0.2) is 6.23 Å². The van der Waals surface area contributed by atoms with Crippen LogP contribution in [0, 0.1) is 0 Å². The van der Waals surface area contributed by atoms with Crippen LogP contribution in [0.1, 0.15) is 22.9 Å². The van der Waals surface area contributed by atoms with E-state index in [0.717, 1.165) is 22.4 Å². The SMILES string of the molecule is Oc1cccc(CN2C=COC2c2cccc(OCc3ccccc3)c2)c1. The number of nitrogens with zero attached hydrogens (tertiary/aromatic N) is 1. The summed E-state index contributed by atoms with van der Waals surface area (Å²) in [7, 11) is 0. The number of rotatable bonds is 6. The predicted molar refractivity (Wildman–Crippen MR) is 104 cm³/mol. The van der Waals surface area contributed by atoms with E-state index in [2.05, 4.69) is 4.90 Å². The van der Waals surface area contributed by atoms with Crippen molar-refractivity contribution in [3.05, 3.63) is 108 Å². The van der Waals surface area contributed by atoms with E-state index in [1.807, 2.05) is 72.9 Å². The van der Waals surface area contributed by atoms with E-state index in [4.69, 9.17) is 9.47 Å². The van der Waals surface area contributed by atoms with Crippen LogP contribution in [0.15, 0.2) is 91.3 Å². The summed E-state index contributed by atoms with van der Waals surface area (Å²) in [5.41, 5.74) is 3.17. The molecule has 0 bridgehead atoms. The van der Waals surface area contributed by atoms with Crippen LogP contribution in [0.2, 0.25) is 0 Å². The fraction of sp³-hybridized carbons (Fsp3) is 0.130. The maximum Gasteiger partial charge on any atom is 0.198 e. The van der Waals surface area contributed by atoms with Gasteiger partial charge in [0.2, 0.25) is 0 Å². The van der Waals surface area contributed by atoms with Gasteiger partial charge in [-0.15, -0.1) is 0 Å². The molecule has 1 aliphatic rings. The highest BCUT2D eigenvalue weighted by atomic mass is 16.5. The zero-order chi connectivity index (χ0) is 18.5. The lowest BCUT2D eigenvalue weighted by Crippen LogP contribution is -2.20. The van der Waals surface area contributed by atoms with E-state index in [1.54, 1.807) is 18.4 Å². The molecule has 0 aliphatic carbocycles. The Morgan fingerprint density at radius 1 is 0.889 bits per heavy atom. The van der Waals surface area contributed by atoms with Gasteiger partial charge in [0.05, 0.1) is 0 Å². The van der Waals surface area contributed by atoms with Crippen LogP contribution in [-0.4, -0.2) is 10.0 Å². The zero-order valence-electron chi connectivity index (χ0n) is 14.9. The van der Waals surface area contributed by atoms with Gasteiger partial charge in [0, 0.05) is 18.3 Å². The molecule has 136 valence electrons. The number of ether oxygens (including phenoxy) is 2. The minimum Gasteiger partial charge on any atom is -0.508 e. The van der Waals surface area contributed by atoms with Crippen LogP contribution in [0.5, 0.6) is 11.5 Å². The average molecular weight is 359 g/mol. The lowest BCUT2D eigenvalue weighted by atomic mass is 10.1. The first-order chi connectivity index (χ1) is 13.3. The second-order valence-electron chi connectivity index (χ2n) is 6.46. The van der Waals surface area contributed by atoms with Crippen LogP contribution in [0.4, 0.5) is 0 Å². The molecule has 0 fully saturated rings. The van der Waals surface area contributed by atoms with Gasteiger partial charge in [-0.05, 0) is 35.4 Å². The highest BCUT2D eigenvalue weighted by Crippen LogP contribution is 2.31. The minimum atomic E-state index is -0.215. The molecule has 3 aromatic carbocycles. The zero-order valence-corrected chi connectivity index (χ0v) is 14.9. The van der Waals surface area contributed by atoms with E-state index in [9.17, 15) is 5.11 Å². The highest BCUT2D eigenvalue weighted by Gasteiger charge is 2.23. The van der Waals surface area contributed by atoms with Crippen LogP contribution >= 0.6 is 0 Å². The Kier molecular flexibility index (Phi) is 4.97. The van der Waals surface area contributed by atoms with Crippen molar-refractivity contribution >= 4 is 0 Å². The normalized spacial score (nSPS) is 15.6. The fourth-order valence-electron chi connectivity index (χ4n) is 3.11. The maximum absolute atomic E-state index is 9.68. The summed E-state index contributed by atoms with van der Waals surface area (Å²) in [5.74, 6) is 1.08. The first-order valence-corrected chi connectivity index (χ1v) is 8.90. The molecule has 0 aromatic heterocycles. The smallest absolute Gasteiger partial charge is 0.198 e. The third kappa shape index (κ3) is 4.23. The van der Waals surface area contributed by atoms with Gasteiger partial charge in [-0.3, -0.25) is 0 Å². The topological polar surface area (TPSA) is 41.9 Å². The van der Waals surface area contributed by atoms with Crippen molar-refractivity contribution < 1.29 is 14.6 Å². The Bertz CT molecular complexity index is 924. The lowest BCUT2D eigenvalue weighted by molar-refractivity contribution is 0.0520. The summed E-state index contributed by atoms with van der Waals surface area (Å²) in [6.45, 7) is 1.17. The number of phenolic OH excluding ortho intramolecular Hbond substituents is 1. The molecular formula is C23H21NO3. The number of aromatic hydroxyl groups is 1. The van der Waals surface area contributed by atoms with Gasteiger partial charge < -0.3 is 19.5 Å². The van der Waals surface area contributed by atoms with Crippen molar-refractivity contribution in [3.8, 4) is 11.5 Å². The summed E-state index contributed by atoms with van der Waals surface area (Å²) in [6, 6.07) is 25.3. The predicted octanol–water partition coefficient (Wildman–Crippen LogP) is 4.97. The molecule has 3 aromatic rings. The molecule has 1 heterocycles. The molecule has 0 amide bonds. The Morgan fingerprint density at radius 3 is 2.56 bits per heavy atom. The van der Waals surface area contributed by atoms with Crippen molar-refractivity contribution in [3.63, 3.8) is 0 Å². The average Bonchev–Trinajstić information content (AvgIpc) is 3.16. The molecule has 1 aliphatic heterocycles. The Morgan fingerprint density at radius 2 is 1.70 bits per heavy atom. The third-order valence-electron chi connectivity index (χ3n) is 4.43. The largest absolute Gasteiger partial charge is 0.508 e. The number of hydrogen-bond acceptors (Lipinski definition) is 4. The van der Waals surface area contributed by atoms with E-state index < -0.39 is 0 Å². The van der Waals surface area contributed by atoms with Crippen molar-refractivity contribution in [1.82, 2.24) is 4.90 Å². The van der Waals surface area contributed by atoms with E-state index in [-0.39, 0.29) is 12.0 Å². The van der Waals surface area contributed by atoms with Gasteiger partial charge in [-0.2, -0.15) is 0 Å². The van der Waals surface area contributed by atoms with E-state index in [0.29, 0.717) is 13.2 Å². The molecule has 1 N–H and O–H groups in total. The Balaban J connectivity index is 1.45. The van der Waals surface area contributed by atoms with Gasteiger partial charge in [0.1, 0.15) is 24.4 Å². The lowest BCUT2D eigenvalue weighted by Gasteiger charge is -2.25. The summed E-state index contributed by atoms with van der Waals surface area (Å²) in [4.78, 5) is 2.09. The summed E-state index contributed by atoms with van der Waals surface area (Å²) < 4.78 is 11.7. The molecule has 4 nitrogen and oxygen atoms in total. The first-order valence-electron chi connectivity index (χ1n) is 8.90. The molecule has 1 atom stereocenters. The molecule has 4 heteroatoms. The number of phenols is 1. The van der Waals surface area contributed by atoms with Crippen molar-refractivity contribution in [2.45, 2.75) is 19.4 Å². The van der Waals surface area contributed by atoms with Gasteiger partial charge >= 0.3 is 0 Å². The molecule has 4 rings (SSSR count). The van der Waals surface area contributed by atoms with Gasteiger partial charge in [-0.25, -0.2) is 0 Å². The third-order valence-corrected chi connectivity index (χ3v) is 4.43. The van der Waals surface area contributed by atoms with Crippen LogP contribution in [0.3, 0.4) is 0 Å². The second-order valence-corrected chi connectivity index (χ2v) is 6.46. The first kappa shape index (κ1) is 17.0. The molecule has 0 saturated carbocycles. The molecule has 27 heavy (non-hydrogen) atoms. The standard InChI is InChI=1S/C23H21NO3/c25-21-10-4-8-19(14-21)16-24-12-13-26-23(24)20-9-5-11-22(15-20)27-17-18-6-2-1-3-7-18/h1-15,23,25H,16-17H2. The fourth-order valence-corrected chi connectivity index (χ4v) is 3.11. The monoisotopic (exact) mass is 359 g/mol. The van der Waals surface area contributed by atoms with Crippen LogP contribution in [0.25, 0.3) is 0 Å². The summed E-state index contributed by atoms with van der Waals surface area (Å²) >= 11 is 0. The molecule has 0 spiro atoms. The number of hydrogen-bond donors (Lipinski definition) is 1. The van der Waals surface area contributed by atoms with Gasteiger partial charge in [-0.1, -0.05) is 54.6 Å². The number of benzene rings is 3. The highest BCUT2D eigenvalue weighted by molar-refractivity contribution is 5.32. The van der Waals surface area contributed by atoms with Crippen LogP contribution < -0.4 is 4.74 Å². The molecule has 0 radical (unpaired) electrons. The quantitative estimate of drug-likeness (QED) is 0.674. The second kappa shape index (κ2) is 7.87. The van der Waals surface area contributed by atoms with Gasteiger partial charge in [0.25, 0.3) is 0 Å². The van der Waals surface area contributed by atoms with Crippen molar-refractivity contribution in [2.24, 2.45) is 0 Å². The summed E-state index contributed by atoms with van der Waals surface area (Å²) in [6.07, 6.45) is 3.41. The van der Waals surface area contributed by atoms with Crippen LogP contribution in [-0.2, 0) is 17.9 Å². The van der Waals surface area contributed by atoms with Crippen molar-refractivity contribution in [2.75, 3.05) is 0 Å². The maximum atomic E-state index is 9.68. The molecule has 1 unspecified atom stereocenters. The van der Waals surface area contributed by atoms with E-state index >= 15 is 0 Å². The molecular weight excluding hydrogens is 338 g/mol. The Labute approximate surface area is 158 Å². The van der Waals surface area contributed by atoms with Crippen molar-refractivity contribution in [1.29, 1.82) is 0 Å². The summed E-state index contributed by atoms with van der Waals surface area (Å²) in [5, 5.41) is 9.68. The molecule has 0 saturated heterocycles.